The van der Waals surface area contributed by atoms with Crippen LogP contribution in [0.25, 0.3) is 10.1 Å². The minimum Gasteiger partial charge on any atom is -0.382 e. The quantitative estimate of drug-likeness (QED) is 0.787. The van der Waals surface area contributed by atoms with Gasteiger partial charge in [-0.05, 0) is 59.7 Å². The highest BCUT2D eigenvalue weighted by atomic mass is 32.1. The number of rotatable bonds is 2. The standard InChI is InChI=1S/C16H21NS/c1-11-3-4-12(2)15(9-11)17-14-5-6-16-13(10-14)7-8-18-16/h5-8,10-12,15,17H,3-4,9H2,1-2H3. The molecule has 1 nitrogen and oxygen atoms in total. The van der Waals surface area contributed by atoms with E-state index in [0.717, 1.165) is 11.8 Å². The van der Waals surface area contributed by atoms with Gasteiger partial charge in [-0.2, -0.15) is 0 Å². The van der Waals surface area contributed by atoms with Crippen LogP contribution in [-0.2, 0) is 0 Å². The van der Waals surface area contributed by atoms with E-state index in [0.29, 0.717) is 6.04 Å². The second kappa shape index (κ2) is 4.93. The Morgan fingerprint density at radius 2 is 2.06 bits per heavy atom. The van der Waals surface area contributed by atoms with Gasteiger partial charge in [-0.15, -0.1) is 11.3 Å². The van der Waals surface area contributed by atoms with E-state index in [1.54, 1.807) is 0 Å². The fourth-order valence-electron chi connectivity index (χ4n) is 3.00. The summed E-state index contributed by atoms with van der Waals surface area (Å²) in [6, 6.07) is 9.60. The summed E-state index contributed by atoms with van der Waals surface area (Å²) in [5.74, 6) is 1.66. The van der Waals surface area contributed by atoms with Crippen molar-refractivity contribution in [2.75, 3.05) is 5.32 Å². The zero-order valence-electron chi connectivity index (χ0n) is 11.1. The molecule has 0 spiro atoms. The summed E-state index contributed by atoms with van der Waals surface area (Å²) in [4.78, 5) is 0. The molecule has 0 aliphatic heterocycles. The highest BCUT2D eigenvalue weighted by molar-refractivity contribution is 7.17. The first-order chi connectivity index (χ1) is 8.72. The number of nitrogens with one attached hydrogen (secondary N) is 1. The fraction of sp³-hybridized carbons (Fsp3) is 0.500. The van der Waals surface area contributed by atoms with Gasteiger partial charge in [0.2, 0.25) is 0 Å². The molecule has 2 aromatic rings. The van der Waals surface area contributed by atoms with Crippen molar-refractivity contribution in [3.8, 4) is 0 Å². The predicted octanol–water partition coefficient (Wildman–Crippen LogP) is 5.14. The molecule has 0 amide bonds. The van der Waals surface area contributed by atoms with Gasteiger partial charge in [-0.3, -0.25) is 0 Å². The van der Waals surface area contributed by atoms with E-state index in [2.05, 4.69) is 48.8 Å². The SMILES string of the molecule is CC1CCC(C)C(Nc2ccc3sccc3c2)C1. The van der Waals surface area contributed by atoms with E-state index in [4.69, 9.17) is 0 Å². The second-order valence-electron chi connectivity index (χ2n) is 5.82. The first-order valence-electron chi connectivity index (χ1n) is 6.96. The zero-order valence-corrected chi connectivity index (χ0v) is 12.0. The summed E-state index contributed by atoms with van der Waals surface area (Å²) < 4.78 is 1.38. The highest BCUT2D eigenvalue weighted by Gasteiger charge is 2.25. The van der Waals surface area contributed by atoms with Crippen LogP contribution < -0.4 is 5.32 Å². The third kappa shape index (κ3) is 2.39. The minimum atomic E-state index is 0.643. The molecule has 96 valence electrons. The van der Waals surface area contributed by atoms with Gasteiger partial charge in [-0.25, -0.2) is 0 Å². The van der Waals surface area contributed by atoms with E-state index in [1.807, 2.05) is 11.3 Å². The van der Waals surface area contributed by atoms with Crippen molar-refractivity contribution >= 4 is 27.1 Å². The molecule has 2 heteroatoms. The molecule has 3 unspecified atom stereocenters. The van der Waals surface area contributed by atoms with Crippen molar-refractivity contribution in [2.45, 2.75) is 39.2 Å². The summed E-state index contributed by atoms with van der Waals surface area (Å²) in [5, 5.41) is 7.28. The highest BCUT2D eigenvalue weighted by Crippen LogP contribution is 2.31. The van der Waals surface area contributed by atoms with Crippen LogP contribution in [0.1, 0.15) is 33.1 Å². The van der Waals surface area contributed by atoms with Crippen molar-refractivity contribution in [3.63, 3.8) is 0 Å². The molecular weight excluding hydrogens is 238 g/mol. The van der Waals surface area contributed by atoms with E-state index in [-0.39, 0.29) is 0 Å². The molecule has 1 aliphatic carbocycles. The maximum absolute atomic E-state index is 3.75. The molecule has 0 saturated heterocycles. The van der Waals surface area contributed by atoms with Crippen LogP contribution in [-0.4, -0.2) is 6.04 Å². The molecule has 1 saturated carbocycles. The Kier molecular flexibility index (Phi) is 3.29. The number of hydrogen-bond donors (Lipinski definition) is 1. The molecule has 0 bridgehead atoms. The lowest BCUT2D eigenvalue weighted by molar-refractivity contribution is 0.281. The summed E-state index contributed by atoms with van der Waals surface area (Å²) >= 11 is 1.82. The second-order valence-corrected chi connectivity index (χ2v) is 6.77. The molecule has 1 heterocycles. The van der Waals surface area contributed by atoms with Crippen molar-refractivity contribution < 1.29 is 0 Å². The molecule has 1 N–H and O–H groups in total. The molecule has 18 heavy (non-hydrogen) atoms. The molecular formula is C16H21NS. The number of benzene rings is 1. The lowest BCUT2D eigenvalue weighted by atomic mass is 9.80. The van der Waals surface area contributed by atoms with Gasteiger partial charge in [0.1, 0.15) is 0 Å². The van der Waals surface area contributed by atoms with Gasteiger partial charge >= 0.3 is 0 Å². The van der Waals surface area contributed by atoms with Gasteiger partial charge in [0, 0.05) is 16.4 Å². The lowest BCUT2D eigenvalue weighted by Gasteiger charge is -2.34. The van der Waals surface area contributed by atoms with Gasteiger partial charge < -0.3 is 5.32 Å². The van der Waals surface area contributed by atoms with Crippen LogP contribution in [0.3, 0.4) is 0 Å². The van der Waals surface area contributed by atoms with E-state index >= 15 is 0 Å². The first kappa shape index (κ1) is 12.0. The topological polar surface area (TPSA) is 12.0 Å². The van der Waals surface area contributed by atoms with Crippen molar-refractivity contribution in [1.29, 1.82) is 0 Å². The van der Waals surface area contributed by atoms with Crippen molar-refractivity contribution in [3.05, 3.63) is 29.6 Å². The van der Waals surface area contributed by atoms with Gasteiger partial charge in [-0.1, -0.05) is 20.3 Å². The molecule has 3 rings (SSSR count). The molecule has 1 aromatic carbocycles. The average Bonchev–Trinajstić information content (AvgIpc) is 2.81. The van der Waals surface area contributed by atoms with Crippen molar-refractivity contribution in [1.82, 2.24) is 0 Å². The van der Waals surface area contributed by atoms with Gasteiger partial charge in [0.15, 0.2) is 0 Å². The average molecular weight is 259 g/mol. The Bertz CT molecular complexity index is 531. The van der Waals surface area contributed by atoms with Gasteiger partial charge in [0.25, 0.3) is 0 Å². The number of thiophene rings is 1. The van der Waals surface area contributed by atoms with Gasteiger partial charge in [0.05, 0.1) is 0 Å². The van der Waals surface area contributed by atoms with Crippen LogP contribution in [0.15, 0.2) is 29.6 Å². The third-order valence-electron chi connectivity index (χ3n) is 4.26. The summed E-state index contributed by atoms with van der Waals surface area (Å²) in [7, 11) is 0. The van der Waals surface area contributed by atoms with Crippen LogP contribution in [0, 0.1) is 11.8 Å². The maximum Gasteiger partial charge on any atom is 0.0349 e. The molecule has 1 aromatic heterocycles. The Labute approximate surface area is 113 Å². The molecule has 1 aliphatic rings. The Balaban J connectivity index is 1.78. The minimum absolute atomic E-state index is 0.643. The monoisotopic (exact) mass is 259 g/mol. The largest absolute Gasteiger partial charge is 0.382 e. The maximum atomic E-state index is 3.75. The summed E-state index contributed by atoms with van der Waals surface area (Å²) in [5.41, 5.74) is 1.28. The van der Waals surface area contributed by atoms with Crippen LogP contribution in [0.5, 0.6) is 0 Å². The van der Waals surface area contributed by atoms with E-state index in [1.165, 1.54) is 35.0 Å². The van der Waals surface area contributed by atoms with E-state index < -0.39 is 0 Å². The molecule has 1 fully saturated rings. The number of fused-ring (bicyclic) bond motifs is 1. The van der Waals surface area contributed by atoms with E-state index in [9.17, 15) is 0 Å². The van der Waals surface area contributed by atoms with Crippen LogP contribution >= 0.6 is 11.3 Å². The fourth-order valence-corrected chi connectivity index (χ4v) is 3.77. The Morgan fingerprint density at radius 3 is 2.94 bits per heavy atom. The molecule has 3 atom stereocenters. The Morgan fingerprint density at radius 1 is 1.17 bits per heavy atom. The Hall–Kier alpha value is -1.02. The number of anilines is 1. The predicted molar refractivity (Wildman–Crippen MR) is 81.4 cm³/mol. The lowest BCUT2D eigenvalue weighted by Crippen LogP contribution is -2.33. The molecule has 0 radical (unpaired) electrons. The summed E-state index contributed by atoms with van der Waals surface area (Å²) in [6.07, 6.45) is 4.06. The van der Waals surface area contributed by atoms with Crippen molar-refractivity contribution in [2.24, 2.45) is 11.8 Å². The number of hydrogen-bond acceptors (Lipinski definition) is 2. The van der Waals surface area contributed by atoms with Crippen LogP contribution in [0.2, 0.25) is 0 Å². The van der Waals surface area contributed by atoms with Crippen LogP contribution in [0.4, 0.5) is 5.69 Å². The smallest absolute Gasteiger partial charge is 0.0349 e. The zero-order chi connectivity index (χ0) is 12.5. The first-order valence-corrected chi connectivity index (χ1v) is 7.84. The normalized spacial score (nSPS) is 28.4. The third-order valence-corrected chi connectivity index (χ3v) is 5.16. The summed E-state index contributed by atoms with van der Waals surface area (Å²) in [6.45, 7) is 4.76.